The lowest BCUT2D eigenvalue weighted by Gasteiger charge is -2.35. The molecule has 2 unspecified atom stereocenters. The van der Waals surface area contributed by atoms with E-state index in [9.17, 15) is 9.59 Å². The Kier molecular flexibility index (Phi) is 12.6. The molecule has 32 heavy (non-hydrogen) atoms. The fourth-order valence-corrected chi connectivity index (χ4v) is 5.53. The van der Waals surface area contributed by atoms with Crippen molar-refractivity contribution in [1.82, 2.24) is 19.6 Å². The van der Waals surface area contributed by atoms with Gasteiger partial charge in [-0.2, -0.15) is 0 Å². The molecule has 0 N–H and O–H groups in total. The second-order valence-corrected chi connectivity index (χ2v) is 9.71. The lowest BCUT2D eigenvalue weighted by Crippen LogP contribution is -2.45. The first-order valence-corrected chi connectivity index (χ1v) is 13.6. The second-order valence-electron chi connectivity index (χ2n) is 9.71. The fraction of sp³-hybridized carbons (Fsp3) is 0.923. The second kappa shape index (κ2) is 14.9. The van der Waals surface area contributed by atoms with E-state index in [1.165, 1.54) is 25.7 Å². The van der Waals surface area contributed by atoms with Gasteiger partial charge in [-0.1, -0.05) is 12.8 Å². The van der Waals surface area contributed by atoms with Crippen molar-refractivity contribution in [3.05, 3.63) is 0 Å². The molecule has 0 saturated carbocycles. The van der Waals surface area contributed by atoms with Crippen molar-refractivity contribution in [2.45, 2.75) is 79.1 Å². The first-order valence-electron chi connectivity index (χ1n) is 13.6. The van der Waals surface area contributed by atoms with Crippen LogP contribution in [0, 0.1) is 11.8 Å². The molecule has 6 heteroatoms. The van der Waals surface area contributed by atoms with Crippen LogP contribution >= 0.6 is 0 Å². The largest absolute Gasteiger partial charge is 0.343 e. The Morgan fingerprint density at radius 2 is 1.03 bits per heavy atom. The number of rotatable bonds is 13. The number of piperidine rings is 2. The molecule has 6 nitrogen and oxygen atoms in total. The maximum absolute atomic E-state index is 12.7. The van der Waals surface area contributed by atoms with Crippen LogP contribution in [0.4, 0.5) is 0 Å². The van der Waals surface area contributed by atoms with Gasteiger partial charge >= 0.3 is 0 Å². The monoisotopic (exact) mass is 450 g/mol. The molecule has 0 spiro atoms. The van der Waals surface area contributed by atoms with Gasteiger partial charge in [0.15, 0.2) is 0 Å². The van der Waals surface area contributed by atoms with Crippen molar-refractivity contribution >= 4 is 11.8 Å². The highest BCUT2D eigenvalue weighted by Crippen LogP contribution is 2.21. The number of hydrogen-bond donors (Lipinski definition) is 0. The van der Waals surface area contributed by atoms with Crippen molar-refractivity contribution in [3.8, 4) is 0 Å². The quantitative estimate of drug-likeness (QED) is 0.401. The molecule has 2 fully saturated rings. The SMILES string of the molecule is CCN(CC)C(=O)C1CCCN(CCCCCCN2CCCC(C(=O)N(CC)CC)C2)C1. The summed E-state index contributed by atoms with van der Waals surface area (Å²) in [6, 6.07) is 0. The first-order chi connectivity index (χ1) is 15.5. The highest BCUT2D eigenvalue weighted by Gasteiger charge is 2.29. The van der Waals surface area contributed by atoms with Crippen LogP contribution in [0.2, 0.25) is 0 Å². The van der Waals surface area contributed by atoms with Crippen LogP contribution < -0.4 is 0 Å². The van der Waals surface area contributed by atoms with E-state index in [2.05, 4.69) is 37.5 Å². The normalized spacial score (nSPS) is 22.6. The van der Waals surface area contributed by atoms with Crippen LogP contribution in [-0.4, -0.2) is 96.9 Å². The Bertz CT molecular complexity index is 500. The van der Waals surface area contributed by atoms with Crippen LogP contribution in [0.3, 0.4) is 0 Å². The molecule has 2 aliphatic rings. The van der Waals surface area contributed by atoms with Crippen molar-refractivity contribution in [3.63, 3.8) is 0 Å². The Morgan fingerprint density at radius 1 is 0.656 bits per heavy atom. The average Bonchev–Trinajstić information content (AvgIpc) is 2.83. The zero-order chi connectivity index (χ0) is 23.3. The molecule has 0 radical (unpaired) electrons. The first kappa shape index (κ1) is 27.1. The topological polar surface area (TPSA) is 47.1 Å². The van der Waals surface area contributed by atoms with Gasteiger partial charge in [0, 0.05) is 39.3 Å². The number of amides is 2. The summed E-state index contributed by atoms with van der Waals surface area (Å²) in [5.41, 5.74) is 0. The predicted octanol–water partition coefficient (Wildman–Crippen LogP) is 3.71. The third-order valence-electron chi connectivity index (χ3n) is 7.56. The molecule has 186 valence electrons. The summed E-state index contributed by atoms with van der Waals surface area (Å²) in [4.78, 5) is 34.4. The van der Waals surface area contributed by atoms with E-state index in [-0.39, 0.29) is 11.8 Å². The zero-order valence-electron chi connectivity index (χ0n) is 21.5. The van der Waals surface area contributed by atoms with E-state index in [0.717, 1.165) is 91.1 Å². The van der Waals surface area contributed by atoms with Crippen molar-refractivity contribution in [2.75, 3.05) is 65.4 Å². The lowest BCUT2D eigenvalue weighted by molar-refractivity contribution is -0.137. The number of carbonyl (C=O) groups is 2. The van der Waals surface area contributed by atoms with Gasteiger partial charge in [-0.25, -0.2) is 0 Å². The number of nitrogens with zero attached hydrogens (tertiary/aromatic N) is 4. The van der Waals surface area contributed by atoms with Gasteiger partial charge in [0.1, 0.15) is 0 Å². The standard InChI is InChI=1S/C26H50N4O2/c1-5-29(6-2)25(31)23-15-13-19-27(21-23)17-11-9-10-12-18-28-20-14-16-24(22-28)26(32)30(7-3)8-4/h23-24H,5-22H2,1-4H3. The predicted molar refractivity (Wildman–Crippen MR) is 133 cm³/mol. The molecular weight excluding hydrogens is 400 g/mol. The van der Waals surface area contributed by atoms with Crippen molar-refractivity contribution < 1.29 is 9.59 Å². The van der Waals surface area contributed by atoms with E-state index < -0.39 is 0 Å². The summed E-state index contributed by atoms with van der Waals surface area (Å²) in [7, 11) is 0. The maximum Gasteiger partial charge on any atom is 0.226 e. The number of hydrogen-bond acceptors (Lipinski definition) is 4. The Hall–Kier alpha value is -1.14. The summed E-state index contributed by atoms with van der Waals surface area (Å²) in [6.45, 7) is 18.1. The van der Waals surface area contributed by atoms with Crippen LogP contribution in [0.1, 0.15) is 79.1 Å². The summed E-state index contributed by atoms with van der Waals surface area (Å²) in [5.74, 6) is 1.13. The highest BCUT2D eigenvalue weighted by molar-refractivity contribution is 5.79. The van der Waals surface area contributed by atoms with Gasteiger partial charge in [0.05, 0.1) is 11.8 Å². The lowest BCUT2D eigenvalue weighted by atomic mass is 9.96. The van der Waals surface area contributed by atoms with Gasteiger partial charge in [-0.15, -0.1) is 0 Å². The van der Waals surface area contributed by atoms with Crippen LogP contribution in [-0.2, 0) is 9.59 Å². The van der Waals surface area contributed by atoms with Crippen molar-refractivity contribution in [2.24, 2.45) is 11.8 Å². The summed E-state index contributed by atoms with van der Waals surface area (Å²) < 4.78 is 0. The minimum Gasteiger partial charge on any atom is -0.343 e. The number of likely N-dealkylation sites (tertiary alicyclic amines) is 2. The van der Waals surface area contributed by atoms with Crippen molar-refractivity contribution in [1.29, 1.82) is 0 Å². The van der Waals surface area contributed by atoms with E-state index in [4.69, 9.17) is 0 Å². The summed E-state index contributed by atoms with van der Waals surface area (Å²) >= 11 is 0. The molecule has 0 aromatic carbocycles. The molecule has 2 heterocycles. The number of carbonyl (C=O) groups excluding carboxylic acids is 2. The molecule has 0 aliphatic carbocycles. The van der Waals surface area contributed by atoms with Gasteiger partial charge in [-0.3, -0.25) is 9.59 Å². The molecule has 2 saturated heterocycles. The third kappa shape index (κ3) is 8.33. The molecule has 0 aromatic rings. The molecule has 2 aliphatic heterocycles. The Balaban J connectivity index is 1.60. The van der Waals surface area contributed by atoms with Gasteiger partial charge < -0.3 is 19.6 Å². The summed E-state index contributed by atoms with van der Waals surface area (Å²) in [5, 5.41) is 0. The molecule has 0 bridgehead atoms. The van der Waals surface area contributed by atoms with Gasteiger partial charge in [0.25, 0.3) is 0 Å². The number of unbranched alkanes of at least 4 members (excludes halogenated alkanes) is 3. The van der Waals surface area contributed by atoms with Gasteiger partial charge in [0.2, 0.25) is 11.8 Å². The fourth-order valence-electron chi connectivity index (χ4n) is 5.53. The Labute approximate surface area is 197 Å². The molecule has 2 amide bonds. The summed E-state index contributed by atoms with van der Waals surface area (Å²) in [6.07, 6.45) is 9.41. The van der Waals surface area contributed by atoms with E-state index >= 15 is 0 Å². The van der Waals surface area contributed by atoms with Crippen LogP contribution in [0.5, 0.6) is 0 Å². The van der Waals surface area contributed by atoms with Crippen LogP contribution in [0.15, 0.2) is 0 Å². The molecule has 2 rings (SSSR count). The minimum absolute atomic E-state index is 0.203. The average molecular weight is 451 g/mol. The third-order valence-corrected chi connectivity index (χ3v) is 7.56. The molecule has 0 aromatic heterocycles. The maximum atomic E-state index is 12.7. The Morgan fingerprint density at radius 3 is 1.38 bits per heavy atom. The smallest absolute Gasteiger partial charge is 0.226 e. The van der Waals surface area contributed by atoms with E-state index in [1.54, 1.807) is 0 Å². The minimum atomic E-state index is 0.203. The zero-order valence-corrected chi connectivity index (χ0v) is 21.5. The molecular formula is C26H50N4O2. The highest BCUT2D eigenvalue weighted by atomic mass is 16.2. The van der Waals surface area contributed by atoms with Crippen LogP contribution in [0.25, 0.3) is 0 Å². The van der Waals surface area contributed by atoms with E-state index in [0.29, 0.717) is 11.8 Å². The molecule has 2 atom stereocenters. The van der Waals surface area contributed by atoms with Gasteiger partial charge in [-0.05, 0) is 92.4 Å². The van der Waals surface area contributed by atoms with E-state index in [1.807, 2.05) is 9.80 Å².